The Hall–Kier alpha value is -3.11. The molecule has 10 heteroatoms. The predicted molar refractivity (Wildman–Crippen MR) is 118 cm³/mol. The molecule has 1 saturated heterocycles. The average Bonchev–Trinajstić information content (AvgIpc) is 3.36. The molecule has 162 valence electrons. The van der Waals surface area contributed by atoms with Crippen LogP contribution in [0, 0.1) is 11.7 Å². The molecule has 1 aliphatic rings. The van der Waals surface area contributed by atoms with Gasteiger partial charge in [-0.25, -0.2) is 13.9 Å². The molecule has 31 heavy (non-hydrogen) atoms. The maximum absolute atomic E-state index is 14.9. The second kappa shape index (κ2) is 8.94. The monoisotopic (exact) mass is 443 g/mol. The molecule has 0 bridgehead atoms. The van der Waals surface area contributed by atoms with Crippen molar-refractivity contribution in [3.05, 3.63) is 48.3 Å². The van der Waals surface area contributed by atoms with E-state index in [2.05, 4.69) is 15.6 Å². The van der Waals surface area contributed by atoms with Gasteiger partial charge in [-0.05, 0) is 36.8 Å². The number of ether oxygens (including phenoxy) is 1. The number of nitrogens with zero attached hydrogens (tertiary/aromatic N) is 4. The summed E-state index contributed by atoms with van der Waals surface area (Å²) in [6.45, 7) is 2.48. The molecular weight excluding hydrogens is 421 g/mol. The molecule has 0 spiro atoms. The zero-order valence-corrected chi connectivity index (χ0v) is 17.7. The highest BCUT2D eigenvalue weighted by molar-refractivity contribution is 7.80. The molecule has 3 aromatic rings. The number of carbonyl (C=O) groups is 1. The van der Waals surface area contributed by atoms with Gasteiger partial charge in [0.1, 0.15) is 17.3 Å². The van der Waals surface area contributed by atoms with Crippen molar-refractivity contribution in [3.63, 3.8) is 0 Å². The van der Waals surface area contributed by atoms with Crippen LogP contribution in [0.3, 0.4) is 0 Å². The van der Waals surface area contributed by atoms with Gasteiger partial charge in [0.25, 0.3) is 0 Å². The summed E-state index contributed by atoms with van der Waals surface area (Å²) < 4.78 is 21.7. The highest BCUT2D eigenvalue weighted by atomic mass is 32.1. The number of para-hydroxylation sites is 1. The third-order valence-corrected chi connectivity index (χ3v) is 5.76. The lowest BCUT2D eigenvalue weighted by atomic mass is 10.1. The van der Waals surface area contributed by atoms with Crippen LogP contribution in [0.2, 0.25) is 0 Å². The molecule has 1 aliphatic heterocycles. The van der Waals surface area contributed by atoms with Gasteiger partial charge in [0, 0.05) is 5.92 Å². The van der Waals surface area contributed by atoms with Crippen LogP contribution in [0.25, 0.3) is 16.7 Å². The lowest BCUT2D eigenvalue weighted by molar-refractivity contribution is 0.142. The number of thiocarbonyl (C=S) groups is 1. The minimum atomic E-state index is -0.551. The minimum Gasteiger partial charge on any atom is -0.442 e. The van der Waals surface area contributed by atoms with E-state index in [0.29, 0.717) is 34.7 Å². The smallest absolute Gasteiger partial charge is 0.414 e. The third-order valence-electron chi connectivity index (χ3n) is 5.28. The standard InChI is InChI=1S/C21H22FN5O3S/c1-2-13(12-28)20(31)23-10-15-11-26(21(29)30-15)14-7-8-18(16(22)9-14)27-19-6-4-3-5-17(19)24-25-27/h3-9,13,15,28H,2,10-12H2,1H3,(H,23,31)/t13?,15-/m0/s1. The summed E-state index contributed by atoms with van der Waals surface area (Å²) in [6.07, 6.45) is -0.278. The zero-order valence-electron chi connectivity index (χ0n) is 16.9. The molecule has 1 unspecified atom stereocenters. The number of hydrogen-bond acceptors (Lipinski definition) is 6. The second-order valence-corrected chi connectivity index (χ2v) is 7.71. The number of halogens is 1. The lowest BCUT2D eigenvalue weighted by Gasteiger charge is -2.17. The van der Waals surface area contributed by atoms with E-state index in [9.17, 15) is 14.3 Å². The highest BCUT2D eigenvalue weighted by Gasteiger charge is 2.33. The number of cyclic esters (lactones) is 1. The first-order valence-corrected chi connectivity index (χ1v) is 10.4. The van der Waals surface area contributed by atoms with Gasteiger partial charge in [0.15, 0.2) is 5.82 Å². The molecule has 1 aromatic heterocycles. The maximum Gasteiger partial charge on any atom is 0.414 e. The van der Waals surface area contributed by atoms with Crippen LogP contribution in [-0.4, -0.2) is 57.0 Å². The van der Waals surface area contributed by atoms with Crippen LogP contribution >= 0.6 is 12.2 Å². The van der Waals surface area contributed by atoms with Crippen molar-refractivity contribution < 1.29 is 19.0 Å². The number of hydrogen-bond donors (Lipinski definition) is 2. The molecule has 2 aromatic carbocycles. The summed E-state index contributed by atoms with van der Waals surface area (Å²) >= 11 is 5.28. The van der Waals surface area contributed by atoms with E-state index in [-0.39, 0.29) is 24.8 Å². The largest absolute Gasteiger partial charge is 0.442 e. The van der Waals surface area contributed by atoms with Crippen LogP contribution in [0.1, 0.15) is 13.3 Å². The number of anilines is 1. The van der Waals surface area contributed by atoms with Gasteiger partial charge in [-0.2, -0.15) is 0 Å². The van der Waals surface area contributed by atoms with Gasteiger partial charge in [0.05, 0.1) is 35.9 Å². The molecule has 0 saturated carbocycles. The summed E-state index contributed by atoms with van der Waals surface area (Å²) in [5.41, 5.74) is 1.98. The Morgan fingerprint density at radius 2 is 2.19 bits per heavy atom. The van der Waals surface area contributed by atoms with Crippen molar-refractivity contribution in [1.82, 2.24) is 20.3 Å². The number of amides is 1. The van der Waals surface area contributed by atoms with Crippen molar-refractivity contribution in [1.29, 1.82) is 0 Å². The molecule has 2 heterocycles. The first kappa shape index (κ1) is 21.1. The number of aliphatic hydroxyl groups excluding tert-OH is 1. The summed E-state index contributed by atoms with van der Waals surface area (Å²) in [7, 11) is 0. The predicted octanol–water partition coefficient (Wildman–Crippen LogP) is 2.82. The lowest BCUT2D eigenvalue weighted by Crippen LogP contribution is -2.37. The third kappa shape index (κ3) is 4.21. The summed E-state index contributed by atoms with van der Waals surface area (Å²) in [6, 6.07) is 11.8. The Labute approximate surface area is 183 Å². The quantitative estimate of drug-likeness (QED) is 0.543. The van der Waals surface area contributed by atoms with Gasteiger partial charge in [-0.3, -0.25) is 4.90 Å². The zero-order chi connectivity index (χ0) is 22.0. The van der Waals surface area contributed by atoms with Crippen LogP contribution in [-0.2, 0) is 4.74 Å². The summed E-state index contributed by atoms with van der Waals surface area (Å²) in [4.78, 5) is 14.2. The number of rotatable bonds is 7. The van der Waals surface area contributed by atoms with E-state index < -0.39 is 18.0 Å². The molecule has 2 atom stereocenters. The number of nitrogens with one attached hydrogen (secondary N) is 1. The van der Waals surface area contributed by atoms with Gasteiger partial charge in [0.2, 0.25) is 0 Å². The van der Waals surface area contributed by atoms with E-state index in [1.54, 1.807) is 18.2 Å². The van der Waals surface area contributed by atoms with Gasteiger partial charge >= 0.3 is 6.09 Å². The topological polar surface area (TPSA) is 92.5 Å². The summed E-state index contributed by atoms with van der Waals surface area (Å²) in [5.74, 6) is -0.657. The molecule has 2 N–H and O–H groups in total. The SMILES string of the molecule is CCC(CO)C(=S)NC[C@H]1CN(c2ccc(-n3nnc4ccccc43)c(F)c2)C(=O)O1. The van der Waals surface area contributed by atoms with E-state index >= 15 is 0 Å². The highest BCUT2D eigenvalue weighted by Crippen LogP contribution is 2.26. The normalized spacial score (nSPS) is 17.1. The van der Waals surface area contributed by atoms with Crippen LogP contribution in [0.15, 0.2) is 42.5 Å². The Bertz CT molecular complexity index is 1120. The molecule has 8 nitrogen and oxygen atoms in total. The number of aromatic nitrogens is 3. The van der Waals surface area contributed by atoms with Crippen LogP contribution in [0.4, 0.5) is 14.9 Å². The fourth-order valence-electron chi connectivity index (χ4n) is 3.48. The van der Waals surface area contributed by atoms with Crippen molar-refractivity contribution in [2.45, 2.75) is 19.4 Å². The molecule has 4 rings (SSSR count). The van der Waals surface area contributed by atoms with Crippen molar-refractivity contribution in [2.24, 2.45) is 5.92 Å². The number of carbonyl (C=O) groups excluding carboxylic acids is 1. The van der Waals surface area contributed by atoms with Gasteiger partial charge in [-0.1, -0.05) is 36.5 Å². The number of benzene rings is 2. The van der Waals surface area contributed by atoms with Crippen LogP contribution < -0.4 is 10.2 Å². The van der Waals surface area contributed by atoms with Crippen molar-refractivity contribution in [2.75, 3.05) is 24.6 Å². The number of aliphatic hydroxyl groups is 1. The Morgan fingerprint density at radius 3 is 2.94 bits per heavy atom. The Balaban J connectivity index is 1.47. The van der Waals surface area contributed by atoms with Gasteiger partial charge in [-0.15, -0.1) is 5.10 Å². The van der Waals surface area contributed by atoms with E-state index in [1.807, 2.05) is 25.1 Å². The molecule has 1 amide bonds. The van der Waals surface area contributed by atoms with Crippen molar-refractivity contribution in [3.8, 4) is 5.69 Å². The Morgan fingerprint density at radius 1 is 1.39 bits per heavy atom. The summed E-state index contributed by atoms with van der Waals surface area (Å²) in [5, 5.41) is 20.5. The molecule has 0 radical (unpaired) electrons. The van der Waals surface area contributed by atoms with E-state index in [0.717, 1.165) is 0 Å². The molecule has 0 aliphatic carbocycles. The Kier molecular flexibility index (Phi) is 6.10. The fraction of sp³-hybridized carbons (Fsp3) is 0.333. The first-order chi connectivity index (χ1) is 15.0. The van der Waals surface area contributed by atoms with E-state index in [1.165, 1.54) is 15.6 Å². The van der Waals surface area contributed by atoms with E-state index in [4.69, 9.17) is 17.0 Å². The number of fused-ring (bicyclic) bond motifs is 1. The molecule has 1 fully saturated rings. The maximum atomic E-state index is 14.9. The van der Waals surface area contributed by atoms with Gasteiger partial charge < -0.3 is 15.2 Å². The molecular formula is C21H22FN5O3S. The van der Waals surface area contributed by atoms with Crippen LogP contribution in [0.5, 0.6) is 0 Å². The average molecular weight is 444 g/mol. The second-order valence-electron chi connectivity index (χ2n) is 7.27. The first-order valence-electron chi connectivity index (χ1n) is 9.99. The fourth-order valence-corrected chi connectivity index (χ4v) is 3.80. The minimum absolute atomic E-state index is 0.0361. The van der Waals surface area contributed by atoms with Crippen molar-refractivity contribution >= 4 is 40.0 Å².